The van der Waals surface area contributed by atoms with Crippen molar-refractivity contribution in [3.8, 4) is 0 Å². The van der Waals surface area contributed by atoms with Crippen LogP contribution in [0.5, 0.6) is 0 Å². The second-order valence-corrected chi connectivity index (χ2v) is 4.59. The molecule has 0 amide bonds. The standard InChI is InChI=1S/C12H16N4O/c1-9-5-11-13-8-14-16(11)12(6-9)15-4-2-3-10(15)7-17/h5-6,8,10,17H,2-4,7H2,1H3. The van der Waals surface area contributed by atoms with E-state index in [1.807, 2.05) is 10.6 Å². The summed E-state index contributed by atoms with van der Waals surface area (Å²) >= 11 is 0. The second kappa shape index (κ2) is 4.00. The molecule has 2 aromatic rings. The van der Waals surface area contributed by atoms with E-state index < -0.39 is 0 Å². The number of hydrogen-bond acceptors (Lipinski definition) is 4. The van der Waals surface area contributed by atoms with Crippen LogP contribution >= 0.6 is 0 Å². The van der Waals surface area contributed by atoms with Crippen molar-refractivity contribution < 1.29 is 5.11 Å². The molecule has 0 saturated carbocycles. The fourth-order valence-electron chi connectivity index (χ4n) is 2.57. The van der Waals surface area contributed by atoms with Gasteiger partial charge in [-0.2, -0.15) is 9.61 Å². The molecule has 90 valence electrons. The first-order chi connectivity index (χ1) is 8.29. The molecule has 3 rings (SSSR count). The highest BCUT2D eigenvalue weighted by Gasteiger charge is 2.26. The van der Waals surface area contributed by atoms with Crippen LogP contribution in [0.3, 0.4) is 0 Å². The van der Waals surface area contributed by atoms with Gasteiger partial charge in [-0.05, 0) is 37.5 Å². The Morgan fingerprint density at radius 3 is 3.18 bits per heavy atom. The molecule has 1 aliphatic heterocycles. The molecule has 2 aromatic heterocycles. The van der Waals surface area contributed by atoms with Gasteiger partial charge in [0.2, 0.25) is 0 Å². The lowest BCUT2D eigenvalue weighted by Gasteiger charge is -2.25. The van der Waals surface area contributed by atoms with Crippen molar-refractivity contribution in [1.29, 1.82) is 0 Å². The second-order valence-electron chi connectivity index (χ2n) is 4.59. The summed E-state index contributed by atoms with van der Waals surface area (Å²) in [5.41, 5.74) is 2.03. The summed E-state index contributed by atoms with van der Waals surface area (Å²) in [6.07, 6.45) is 3.73. The van der Waals surface area contributed by atoms with E-state index in [0.717, 1.165) is 30.9 Å². The quantitative estimate of drug-likeness (QED) is 0.839. The van der Waals surface area contributed by atoms with Gasteiger partial charge in [0.1, 0.15) is 12.1 Å². The van der Waals surface area contributed by atoms with Gasteiger partial charge in [-0.3, -0.25) is 0 Å². The molecule has 17 heavy (non-hydrogen) atoms. The van der Waals surface area contributed by atoms with Gasteiger partial charge in [-0.25, -0.2) is 4.98 Å². The van der Waals surface area contributed by atoms with Crippen LogP contribution in [0.4, 0.5) is 5.82 Å². The lowest BCUT2D eigenvalue weighted by Crippen LogP contribution is -2.33. The van der Waals surface area contributed by atoms with Gasteiger partial charge in [0, 0.05) is 6.54 Å². The molecule has 1 aliphatic rings. The Balaban J connectivity index is 2.12. The normalized spacial score (nSPS) is 20.4. The molecule has 1 unspecified atom stereocenters. The van der Waals surface area contributed by atoms with E-state index in [1.165, 1.54) is 5.56 Å². The highest BCUT2D eigenvalue weighted by molar-refractivity contribution is 5.54. The van der Waals surface area contributed by atoms with Crippen LogP contribution in [0.15, 0.2) is 18.5 Å². The zero-order valence-corrected chi connectivity index (χ0v) is 9.87. The molecule has 0 spiro atoms. The lowest BCUT2D eigenvalue weighted by molar-refractivity contribution is 0.266. The number of nitrogens with zero attached hydrogens (tertiary/aromatic N) is 4. The van der Waals surface area contributed by atoms with Crippen molar-refractivity contribution in [3.05, 3.63) is 24.0 Å². The van der Waals surface area contributed by atoms with Crippen LogP contribution in [0.25, 0.3) is 5.65 Å². The topological polar surface area (TPSA) is 53.7 Å². The summed E-state index contributed by atoms with van der Waals surface area (Å²) < 4.78 is 1.85. The molecular weight excluding hydrogens is 216 g/mol. The number of aromatic nitrogens is 3. The van der Waals surface area contributed by atoms with Crippen molar-refractivity contribution in [1.82, 2.24) is 14.6 Å². The van der Waals surface area contributed by atoms with Gasteiger partial charge in [0.15, 0.2) is 5.65 Å². The Morgan fingerprint density at radius 1 is 1.47 bits per heavy atom. The summed E-state index contributed by atoms with van der Waals surface area (Å²) in [5.74, 6) is 1.04. The average molecular weight is 232 g/mol. The molecule has 0 bridgehead atoms. The van der Waals surface area contributed by atoms with E-state index in [-0.39, 0.29) is 12.6 Å². The predicted octanol–water partition coefficient (Wildman–Crippen LogP) is 0.999. The van der Waals surface area contributed by atoms with Crippen molar-refractivity contribution >= 4 is 11.5 Å². The number of aliphatic hydroxyl groups is 1. The Kier molecular flexibility index (Phi) is 2.48. The molecule has 3 heterocycles. The molecular formula is C12H16N4O. The summed E-state index contributed by atoms with van der Waals surface area (Å²) in [5, 5.41) is 13.7. The highest BCUT2D eigenvalue weighted by Crippen LogP contribution is 2.26. The van der Waals surface area contributed by atoms with Crippen LogP contribution in [-0.2, 0) is 0 Å². The fraction of sp³-hybridized carbons (Fsp3) is 0.500. The van der Waals surface area contributed by atoms with E-state index in [9.17, 15) is 5.11 Å². The lowest BCUT2D eigenvalue weighted by atomic mass is 10.2. The average Bonchev–Trinajstić information content (AvgIpc) is 2.95. The first-order valence-electron chi connectivity index (χ1n) is 5.97. The number of anilines is 1. The number of pyridine rings is 1. The molecule has 0 aliphatic carbocycles. The number of aryl methyl sites for hydroxylation is 1. The largest absolute Gasteiger partial charge is 0.394 e. The van der Waals surface area contributed by atoms with E-state index in [1.54, 1.807) is 6.33 Å². The monoisotopic (exact) mass is 232 g/mol. The summed E-state index contributed by atoms with van der Waals surface area (Å²) in [6.45, 7) is 3.23. The van der Waals surface area contributed by atoms with Gasteiger partial charge in [0.25, 0.3) is 0 Å². The van der Waals surface area contributed by atoms with E-state index in [2.05, 4.69) is 28.0 Å². The maximum Gasteiger partial charge on any atom is 0.157 e. The number of rotatable bonds is 2. The van der Waals surface area contributed by atoms with E-state index >= 15 is 0 Å². The van der Waals surface area contributed by atoms with Gasteiger partial charge in [-0.15, -0.1) is 0 Å². The first-order valence-corrected chi connectivity index (χ1v) is 5.97. The molecule has 1 N–H and O–H groups in total. The number of hydrogen-bond donors (Lipinski definition) is 1. The molecule has 1 atom stereocenters. The van der Waals surface area contributed by atoms with E-state index in [4.69, 9.17) is 0 Å². The Hall–Kier alpha value is -1.62. The van der Waals surface area contributed by atoms with Gasteiger partial charge in [0.05, 0.1) is 12.6 Å². The third-order valence-electron chi connectivity index (χ3n) is 3.39. The minimum Gasteiger partial charge on any atom is -0.394 e. The highest BCUT2D eigenvalue weighted by atomic mass is 16.3. The van der Waals surface area contributed by atoms with Crippen LogP contribution in [0.1, 0.15) is 18.4 Å². The van der Waals surface area contributed by atoms with Crippen molar-refractivity contribution in [2.75, 3.05) is 18.1 Å². The maximum atomic E-state index is 9.40. The third kappa shape index (κ3) is 1.67. The first kappa shape index (κ1) is 10.5. The van der Waals surface area contributed by atoms with Crippen LogP contribution in [0, 0.1) is 6.92 Å². The van der Waals surface area contributed by atoms with Gasteiger partial charge < -0.3 is 10.0 Å². The zero-order chi connectivity index (χ0) is 11.8. The SMILES string of the molecule is Cc1cc(N2CCCC2CO)n2ncnc2c1. The molecule has 5 nitrogen and oxygen atoms in total. The van der Waals surface area contributed by atoms with Crippen LogP contribution in [-0.4, -0.2) is 38.9 Å². The Bertz CT molecular complexity index is 536. The smallest absolute Gasteiger partial charge is 0.157 e. The summed E-state index contributed by atoms with van der Waals surface area (Å²) in [4.78, 5) is 6.46. The number of aliphatic hydroxyl groups excluding tert-OH is 1. The Labute approximate surface area is 99.7 Å². The molecule has 5 heteroatoms. The van der Waals surface area contributed by atoms with Crippen molar-refractivity contribution in [2.24, 2.45) is 0 Å². The van der Waals surface area contributed by atoms with Crippen LogP contribution < -0.4 is 4.90 Å². The van der Waals surface area contributed by atoms with Crippen LogP contribution in [0.2, 0.25) is 0 Å². The minimum atomic E-state index is 0.199. The number of fused-ring (bicyclic) bond motifs is 1. The summed E-state index contributed by atoms with van der Waals surface area (Å²) in [6, 6.07) is 4.33. The van der Waals surface area contributed by atoms with Crippen molar-refractivity contribution in [2.45, 2.75) is 25.8 Å². The molecule has 1 fully saturated rings. The zero-order valence-electron chi connectivity index (χ0n) is 9.87. The van der Waals surface area contributed by atoms with Gasteiger partial charge >= 0.3 is 0 Å². The molecule has 0 aromatic carbocycles. The molecule has 1 saturated heterocycles. The van der Waals surface area contributed by atoms with E-state index in [0.29, 0.717) is 0 Å². The minimum absolute atomic E-state index is 0.199. The van der Waals surface area contributed by atoms with Crippen molar-refractivity contribution in [3.63, 3.8) is 0 Å². The fourth-order valence-corrected chi connectivity index (χ4v) is 2.57. The molecule has 0 radical (unpaired) electrons. The predicted molar refractivity (Wildman–Crippen MR) is 65.2 cm³/mol. The maximum absolute atomic E-state index is 9.40. The van der Waals surface area contributed by atoms with Gasteiger partial charge in [-0.1, -0.05) is 0 Å². The Morgan fingerprint density at radius 2 is 2.35 bits per heavy atom. The summed E-state index contributed by atoms with van der Waals surface area (Å²) in [7, 11) is 0. The third-order valence-corrected chi connectivity index (χ3v) is 3.39.